The number of benzene rings is 1. The van der Waals surface area contributed by atoms with E-state index in [-0.39, 0.29) is 35.3 Å². The molecule has 2 aromatic rings. The van der Waals surface area contributed by atoms with Gasteiger partial charge < -0.3 is 25.3 Å². The highest BCUT2D eigenvalue weighted by Gasteiger charge is 2.14. The number of nitrogen functional groups attached to an aromatic ring is 1. The molecule has 0 saturated heterocycles. The molecular formula is C18H20N4O4. The average molecular weight is 356 g/mol. The molecule has 1 aromatic heterocycles. The minimum Gasteiger partial charge on any atom is -0.497 e. The number of hydrogen-bond acceptors (Lipinski definition) is 7. The Morgan fingerprint density at radius 1 is 1.23 bits per heavy atom. The predicted octanol–water partition coefficient (Wildman–Crippen LogP) is 2.13. The lowest BCUT2D eigenvalue weighted by molar-refractivity contribution is -0.115. The SMILES string of the molecule is CCOc1nc(NC(=O)Cc2cc(OC)cc(OC)c2)cc(N)c1C#N. The number of nitriles is 1. The Labute approximate surface area is 151 Å². The number of hydrogen-bond donors (Lipinski definition) is 2. The van der Waals surface area contributed by atoms with Gasteiger partial charge in [0.15, 0.2) is 0 Å². The monoisotopic (exact) mass is 356 g/mol. The third-order valence-electron chi connectivity index (χ3n) is 3.45. The Balaban J connectivity index is 2.19. The second-order valence-electron chi connectivity index (χ2n) is 5.27. The van der Waals surface area contributed by atoms with Gasteiger partial charge in [0.1, 0.15) is 28.9 Å². The highest BCUT2D eigenvalue weighted by molar-refractivity contribution is 5.92. The number of rotatable bonds is 7. The van der Waals surface area contributed by atoms with Crippen molar-refractivity contribution in [2.45, 2.75) is 13.3 Å². The molecule has 1 amide bonds. The van der Waals surface area contributed by atoms with Crippen LogP contribution in [0.4, 0.5) is 11.5 Å². The zero-order valence-electron chi connectivity index (χ0n) is 14.8. The summed E-state index contributed by atoms with van der Waals surface area (Å²) in [7, 11) is 3.08. The van der Waals surface area contributed by atoms with E-state index < -0.39 is 0 Å². The number of aromatic nitrogens is 1. The van der Waals surface area contributed by atoms with Gasteiger partial charge in [-0.2, -0.15) is 10.2 Å². The summed E-state index contributed by atoms with van der Waals surface area (Å²) >= 11 is 0. The molecular weight excluding hydrogens is 336 g/mol. The van der Waals surface area contributed by atoms with Gasteiger partial charge in [-0.05, 0) is 24.6 Å². The first-order valence-electron chi connectivity index (χ1n) is 7.85. The second-order valence-corrected chi connectivity index (χ2v) is 5.27. The molecule has 0 aliphatic heterocycles. The van der Waals surface area contributed by atoms with E-state index in [0.717, 1.165) is 0 Å². The molecule has 0 atom stereocenters. The predicted molar refractivity (Wildman–Crippen MR) is 96.4 cm³/mol. The van der Waals surface area contributed by atoms with Crippen LogP contribution in [-0.2, 0) is 11.2 Å². The third kappa shape index (κ3) is 4.54. The Morgan fingerprint density at radius 2 is 1.88 bits per heavy atom. The summed E-state index contributed by atoms with van der Waals surface area (Å²) in [5.74, 6) is 1.18. The molecule has 0 unspecified atom stereocenters. The maximum absolute atomic E-state index is 12.3. The van der Waals surface area contributed by atoms with Crippen LogP contribution in [-0.4, -0.2) is 31.7 Å². The lowest BCUT2D eigenvalue weighted by atomic mass is 10.1. The van der Waals surface area contributed by atoms with Crippen molar-refractivity contribution in [2.24, 2.45) is 0 Å². The standard InChI is InChI=1S/C18H20N4O4/c1-4-26-18-14(10-19)15(20)9-16(22-18)21-17(23)7-11-5-12(24-2)8-13(6-11)25-3/h5-6,8-9H,4,7H2,1-3H3,(H3,20,21,22,23). The molecule has 0 radical (unpaired) electrons. The van der Waals surface area contributed by atoms with Gasteiger partial charge in [0.05, 0.1) is 32.9 Å². The van der Waals surface area contributed by atoms with Crippen molar-refractivity contribution in [1.29, 1.82) is 5.26 Å². The summed E-state index contributed by atoms with van der Waals surface area (Å²) in [5, 5.41) is 11.8. The van der Waals surface area contributed by atoms with Crippen LogP contribution in [0.25, 0.3) is 0 Å². The van der Waals surface area contributed by atoms with Crippen LogP contribution in [0.3, 0.4) is 0 Å². The maximum atomic E-state index is 12.3. The quantitative estimate of drug-likeness (QED) is 0.780. The molecule has 3 N–H and O–H groups in total. The van der Waals surface area contributed by atoms with Gasteiger partial charge in [-0.3, -0.25) is 4.79 Å². The fourth-order valence-electron chi connectivity index (χ4n) is 2.30. The molecule has 8 nitrogen and oxygen atoms in total. The van der Waals surface area contributed by atoms with Crippen molar-refractivity contribution in [3.63, 3.8) is 0 Å². The molecule has 1 aromatic carbocycles. The van der Waals surface area contributed by atoms with Crippen LogP contribution in [0.2, 0.25) is 0 Å². The van der Waals surface area contributed by atoms with E-state index in [1.54, 1.807) is 25.1 Å². The summed E-state index contributed by atoms with van der Waals surface area (Å²) in [6, 6.07) is 8.57. The Hall–Kier alpha value is -3.47. The summed E-state index contributed by atoms with van der Waals surface area (Å²) in [6.45, 7) is 2.09. The van der Waals surface area contributed by atoms with Crippen LogP contribution in [0.5, 0.6) is 17.4 Å². The maximum Gasteiger partial charge on any atom is 0.235 e. The van der Waals surface area contributed by atoms with E-state index in [9.17, 15) is 4.79 Å². The van der Waals surface area contributed by atoms with Gasteiger partial charge in [-0.25, -0.2) is 0 Å². The number of carbonyl (C=O) groups is 1. The molecule has 0 aliphatic carbocycles. The van der Waals surface area contributed by atoms with E-state index in [4.69, 9.17) is 25.2 Å². The molecule has 8 heteroatoms. The van der Waals surface area contributed by atoms with Crippen molar-refractivity contribution < 1.29 is 19.0 Å². The fraction of sp³-hybridized carbons (Fsp3) is 0.278. The number of carbonyl (C=O) groups excluding carboxylic acids is 1. The molecule has 0 saturated carbocycles. The first kappa shape index (κ1) is 18.9. The lowest BCUT2D eigenvalue weighted by Gasteiger charge is -2.11. The van der Waals surface area contributed by atoms with Gasteiger partial charge in [0.2, 0.25) is 11.8 Å². The van der Waals surface area contributed by atoms with Crippen molar-refractivity contribution in [1.82, 2.24) is 4.98 Å². The van der Waals surface area contributed by atoms with Gasteiger partial charge in [-0.15, -0.1) is 0 Å². The van der Waals surface area contributed by atoms with Gasteiger partial charge >= 0.3 is 0 Å². The Morgan fingerprint density at radius 3 is 2.42 bits per heavy atom. The summed E-state index contributed by atoms with van der Waals surface area (Å²) < 4.78 is 15.7. The number of nitrogens with zero attached hydrogens (tertiary/aromatic N) is 2. The molecule has 0 fully saturated rings. The minimum absolute atomic E-state index is 0.0825. The van der Waals surface area contributed by atoms with Crippen molar-refractivity contribution in [2.75, 3.05) is 31.9 Å². The van der Waals surface area contributed by atoms with E-state index in [1.165, 1.54) is 20.3 Å². The highest BCUT2D eigenvalue weighted by atomic mass is 16.5. The molecule has 2 rings (SSSR count). The molecule has 26 heavy (non-hydrogen) atoms. The van der Waals surface area contributed by atoms with E-state index in [1.807, 2.05) is 6.07 Å². The zero-order chi connectivity index (χ0) is 19.1. The second kappa shape index (κ2) is 8.58. The van der Waals surface area contributed by atoms with Crippen LogP contribution in [0.15, 0.2) is 24.3 Å². The smallest absolute Gasteiger partial charge is 0.235 e. The van der Waals surface area contributed by atoms with Crippen molar-refractivity contribution in [3.8, 4) is 23.4 Å². The molecule has 0 bridgehead atoms. The number of amides is 1. The number of anilines is 2. The van der Waals surface area contributed by atoms with Crippen LogP contribution < -0.4 is 25.3 Å². The number of methoxy groups -OCH3 is 2. The van der Waals surface area contributed by atoms with E-state index in [0.29, 0.717) is 23.7 Å². The molecule has 1 heterocycles. The van der Waals surface area contributed by atoms with Crippen molar-refractivity contribution >= 4 is 17.4 Å². The molecule has 0 aliphatic rings. The third-order valence-corrected chi connectivity index (χ3v) is 3.45. The summed E-state index contributed by atoms with van der Waals surface area (Å²) in [5.41, 5.74) is 6.88. The Bertz CT molecular complexity index is 824. The largest absolute Gasteiger partial charge is 0.497 e. The van der Waals surface area contributed by atoms with Crippen LogP contribution >= 0.6 is 0 Å². The van der Waals surface area contributed by atoms with Crippen molar-refractivity contribution in [3.05, 3.63) is 35.4 Å². The van der Waals surface area contributed by atoms with Crippen LogP contribution in [0.1, 0.15) is 18.1 Å². The molecule has 0 spiro atoms. The lowest BCUT2D eigenvalue weighted by Crippen LogP contribution is -2.16. The number of ether oxygens (including phenoxy) is 3. The minimum atomic E-state index is -0.306. The average Bonchev–Trinajstić information content (AvgIpc) is 2.61. The zero-order valence-corrected chi connectivity index (χ0v) is 14.8. The van der Waals surface area contributed by atoms with Gasteiger partial charge in [-0.1, -0.05) is 0 Å². The van der Waals surface area contributed by atoms with E-state index >= 15 is 0 Å². The first-order chi connectivity index (χ1) is 12.5. The summed E-state index contributed by atoms with van der Waals surface area (Å²) in [6.07, 6.45) is 0.0825. The highest BCUT2D eigenvalue weighted by Crippen LogP contribution is 2.26. The van der Waals surface area contributed by atoms with E-state index in [2.05, 4.69) is 10.3 Å². The number of pyridine rings is 1. The first-order valence-corrected chi connectivity index (χ1v) is 7.85. The van der Waals surface area contributed by atoms with Crippen LogP contribution in [0, 0.1) is 11.3 Å². The summed E-state index contributed by atoms with van der Waals surface area (Å²) in [4.78, 5) is 16.5. The fourth-order valence-corrected chi connectivity index (χ4v) is 2.30. The number of nitrogens with one attached hydrogen (secondary N) is 1. The topological polar surface area (TPSA) is 119 Å². The Kier molecular flexibility index (Phi) is 6.22. The van der Waals surface area contributed by atoms with Gasteiger partial charge in [0, 0.05) is 12.1 Å². The number of nitrogens with two attached hydrogens (primary N) is 1. The molecule has 136 valence electrons. The van der Waals surface area contributed by atoms with Gasteiger partial charge in [0.25, 0.3) is 0 Å². The normalized spacial score (nSPS) is 9.92.